The van der Waals surface area contributed by atoms with Crippen LogP contribution < -0.4 is 10.1 Å². The minimum Gasteiger partial charge on any atom is -0.484 e. The van der Waals surface area contributed by atoms with Gasteiger partial charge in [0.15, 0.2) is 6.61 Å². The van der Waals surface area contributed by atoms with Crippen LogP contribution in [0.2, 0.25) is 5.02 Å². The van der Waals surface area contributed by atoms with Crippen LogP contribution in [0.3, 0.4) is 0 Å². The summed E-state index contributed by atoms with van der Waals surface area (Å²) in [6.07, 6.45) is 3.24. The molecule has 0 bridgehead atoms. The van der Waals surface area contributed by atoms with Gasteiger partial charge >= 0.3 is 0 Å². The summed E-state index contributed by atoms with van der Waals surface area (Å²) in [5.41, 5.74) is 3.55. The van der Waals surface area contributed by atoms with E-state index in [0.29, 0.717) is 17.3 Å². The number of hydrogen-bond donors (Lipinski definition) is 1. The maximum Gasteiger partial charge on any atom is 0.258 e. The average Bonchev–Trinajstić information content (AvgIpc) is 3.05. The number of hydrogen-bond acceptors (Lipinski definition) is 3. The fourth-order valence-corrected chi connectivity index (χ4v) is 2.85. The van der Waals surface area contributed by atoms with Gasteiger partial charge in [0.05, 0.1) is 17.9 Å². The van der Waals surface area contributed by atoms with E-state index in [0.717, 1.165) is 25.0 Å². The first-order chi connectivity index (χ1) is 10.6. The number of fused-ring (bicyclic) bond motifs is 1. The number of carbonyl (C=O) groups excluding carboxylic acids is 1. The van der Waals surface area contributed by atoms with E-state index in [1.54, 1.807) is 24.3 Å². The Hall–Kier alpha value is -2.01. The molecule has 2 aromatic rings. The van der Waals surface area contributed by atoms with E-state index in [1.165, 1.54) is 11.3 Å². The molecule has 0 spiro atoms. The van der Waals surface area contributed by atoms with Crippen molar-refractivity contribution in [2.24, 2.45) is 7.05 Å². The molecule has 3 rings (SSSR count). The third-order valence-electron chi connectivity index (χ3n) is 3.83. The lowest BCUT2D eigenvalue weighted by Crippen LogP contribution is -2.29. The highest BCUT2D eigenvalue weighted by molar-refractivity contribution is 6.30. The third-order valence-corrected chi connectivity index (χ3v) is 4.09. The van der Waals surface area contributed by atoms with Crippen molar-refractivity contribution in [3.8, 4) is 5.75 Å². The van der Waals surface area contributed by atoms with Gasteiger partial charge in [-0.2, -0.15) is 5.10 Å². The monoisotopic (exact) mass is 319 g/mol. The fraction of sp³-hybridized carbons (Fsp3) is 0.375. The SMILES string of the molecule is Cn1nc2c(c1CNC(=O)COc1ccc(Cl)cc1)CCC2. The molecule has 1 aliphatic rings. The first kappa shape index (κ1) is 14.9. The van der Waals surface area contributed by atoms with Crippen molar-refractivity contribution in [2.75, 3.05) is 6.61 Å². The zero-order valence-corrected chi connectivity index (χ0v) is 13.2. The van der Waals surface area contributed by atoms with Crippen molar-refractivity contribution >= 4 is 17.5 Å². The quantitative estimate of drug-likeness (QED) is 0.919. The molecule has 1 heterocycles. The number of nitrogens with one attached hydrogen (secondary N) is 1. The summed E-state index contributed by atoms with van der Waals surface area (Å²) in [6.45, 7) is 0.476. The van der Waals surface area contributed by atoms with E-state index in [9.17, 15) is 4.79 Å². The average molecular weight is 320 g/mol. The van der Waals surface area contributed by atoms with Crippen molar-refractivity contribution in [1.29, 1.82) is 0 Å². The summed E-state index contributed by atoms with van der Waals surface area (Å²) in [5, 5.41) is 8.02. The first-order valence-electron chi connectivity index (χ1n) is 7.32. The molecule has 116 valence electrons. The molecule has 1 aromatic carbocycles. The molecule has 1 amide bonds. The van der Waals surface area contributed by atoms with Crippen LogP contribution >= 0.6 is 11.6 Å². The molecule has 0 saturated heterocycles. The molecule has 0 unspecified atom stereocenters. The molecule has 1 N–H and O–H groups in total. The second kappa shape index (κ2) is 6.40. The van der Waals surface area contributed by atoms with E-state index in [-0.39, 0.29) is 12.5 Å². The van der Waals surface area contributed by atoms with Crippen molar-refractivity contribution in [3.05, 3.63) is 46.2 Å². The van der Waals surface area contributed by atoms with Gasteiger partial charge in [-0.15, -0.1) is 0 Å². The molecule has 5 nitrogen and oxygen atoms in total. The predicted octanol–water partition coefficient (Wildman–Crippen LogP) is 2.26. The largest absolute Gasteiger partial charge is 0.484 e. The summed E-state index contributed by atoms with van der Waals surface area (Å²) >= 11 is 5.80. The second-order valence-corrected chi connectivity index (χ2v) is 5.80. The normalized spacial score (nSPS) is 13.0. The lowest BCUT2D eigenvalue weighted by Gasteiger charge is -2.09. The van der Waals surface area contributed by atoms with Crippen LogP contribution in [0.4, 0.5) is 0 Å². The van der Waals surface area contributed by atoms with Crippen LogP contribution in [0.15, 0.2) is 24.3 Å². The minimum absolute atomic E-state index is 0.0122. The van der Waals surface area contributed by atoms with Gasteiger partial charge in [-0.3, -0.25) is 9.48 Å². The van der Waals surface area contributed by atoms with Gasteiger partial charge in [0.2, 0.25) is 0 Å². The van der Waals surface area contributed by atoms with Gasteiger partial charge in [-0.25, -0.2) is 0 Å². The van der Waals surface area contributed by atoms with Crippen LogP contribution in [-0.2, 0) is 31.2 Å². The fourth-order valence-electron chi connectivity index (χ4n) is 2.72. The van der Waals surface area contributed by atoms with E-state index in [4.69, 9.17) is 16.3 Å². The number of aromatic nitrogens is 2. The molecule has 6 heteroatoms. The highest BCUT2D eigenvalue weighted by atomic mass is 35.5. The number of aryl methyl sites for hydroxylation is 2. The summed E-state index contributed by atoms with van der Waals surface area (Å²) in [4.78, 5) is 11.9. The minimum atomic E-state index is -0.150. The maximum absolute atomic E-state index is 11.9. The number of ether oxygens (including phenoxy) is 1. The summed E-state index contributed by atoms with van der Waals surface area (Å²) in [7, 11) is 1.92. The van der Waals surface area contributed by atoms with Crippen LogP contribution in [0.1, 0.15) is 23.4 Å². The van der Waals surface area contributed by atoms with Gasteiger partial charge in [0, 0.05) is 12.1 Å². The zero-order chi connectivity index (χ0) is 15.5. The van der Waals surface area contributed by atoms with Crippen molar-refractivity contribution in [3.63, 3.8) is 0 Å². The van der Waals surface area contributed by atoms with Crippen LogP contribution in [0.25, 0.3) is 0 Å². The summed E-state index contributed by atoms with van der Waals surface area (Å²) in [6, 6.07) is 6.94. The molecule has 0 atom stereocenters. The Morgan fingerprint density at radius 2 is 2.14 bits per heavy atom. The van der Waals surface area contributed by atoms with Gasteiger partial charge in [-0.05, 0) is 49.1 Å². The number of nitrogens with zero attached hydrogens (tertiary/aromatic N) is 2. The molecule has 1 aromatic heterocycles. The Morgan fingerprint density at radius 1 is 1.36 bits per heavy atom. The standard InChI is InChI=1S/C16H18ClN3O2/c1-20-15(13-3-2-4-14(13)19-20)9-18-16(21)10-22-12-7-5-11(17)6-8-12/h5-8H,2-4,9-10H2,1H3,(H,18,21). The maximum atomic E-state index is 11.9. The Morgan fingerprint density at radius 3 is 2.91 bits per heavy atom. The molecule has 0 radical (unpaired) electrons. The number of benzene rings is 1. The Balaban J connectivity index is 1.51. The summed E-state index contributed by atoms with van der Waals surface area (Å²) in [5.74, 6) is 0.476. The lowest BCUT2D eigenvalue weighted by atomic mass is 10.2. The number of rotatable bonds is 5. The van der Waals surface area contributed by atoms with Crippen LogP contribution in [0.5, 0.6) is 5.75 Å². The molecule has 0 saturated carbocycles. The zero-order valence-electron chi connectivity index (χ0n) is 12.4. The highest BCUT2D eigenvalue weighted by Gasteiger charge is 2.20. The molecule has 22 heavy (non-hydrogen) atoms. The van der Waals surface area contributed by atoms with E-state index in [1.807, 2.05) is 11.7 Å². The molecular formula is C16H18ClN3O2. The molecule has 0 aliphatic heterocycles. The molecular weight excluding hydrogens is 302 g/mol. The molecule has 1 aliphatic carbocycles. The van der Waals surface area contributed by atoms with E-state index in [2.05, 4.69) is 10.4 Å². The van der Waals surface area contributed by atoms with Gasteiger partial charge in [-0.1, -0.05) is 11.6 Å². The van der Waals surface area contributed by atoms with Gasteiger partial charge < -0.3 is 10.1 Å². The topological polar surface area (TPSA) is 56.2 Å². The Kier molecular flexibility index (Phi) is 4.34. The molecule has 0 fully saturated rings. The Labute approximate surface area is 134 Å². The summed E-state index contributed by atoms with van der Waals surface area (Å²) < 4.78 is 7.29. The number of carbonyl (C=O) groups is 1. The second-order valence-electron chi connectivity index (χ2n) is 5.37. The predicted molar refractivity (Wildman–Crippen MR) is 84.0 cm³/mol. The van der Waals surface area contributed by atoms with Gasteiger partial charge in [0.25, 0.3) is 5.91 Å². The lowest BCUT2D eigenvalue weighted by molar-refractivity contribution is -0.123. The van der Waals surface area contributed by atoms with Crippen LogP contribution in [-0.4, -0.2) is 22.3 Å². The van der Waals surface area contributed by atoms with Crippen molar-refractivity contribution in [2.45, 2.75) is 25.8 Å². The third kappa shape index (κ3) is 3.25. The highest BCUT2D eigenvalue weighted by Crippen LogP contribution is 2.24. The van der Waals surface area contributed by atoms with E-state index >= 15 is 0 Å². The van der Waals surface area contributed by atoms with E-state index < -0.39 is 0 Å². The van der Waals surface area contributed by atoms with Crippen molar-refractivity contribution < 1.29 is 9.53 Å². The van der Waals surface area contributed by atoms with Gasteiger partial charge in [0.1, 0.15) is 5.75 Å². The first-order valence-corrected chi connectivity index (χ1v) is 7.70. The number of amides is 1. The Bertz CT molecular complexity index is 679. The smallest absolute Gasteiger partial charge is 0.258 e. The van der Waals surface area contributed by atoms with Crippen LogP contribution in [0, 0.1) is 0 Å². The van der Waals surface area contributed by atoms with Crippen molar-refractivity contribution in [1.82, 2.24) is 15.1 Å². The number of halogens is 1.